The highest BCUT2D eigenvalue weighted by Crippen LogP contribution is 2.28. The fourth-order valence-electron chi connectivity index (χ4n) is 3.54. The van der Waals surface area contributed by atoms with E-state index in [1.54, 1.807) is 10.9 Å². The van der Waals surface area contributed by atoms with Gasteiger partial charge in [0.2, 0.25) is 5.95 Å². The molecule has 1 saturated carbocycles. The molecule has 0 bridgehead atoms. The highest BCUT2D eigenvalue weighted by atomic mass is 15.4. The molecule has 0 saturated heterocycles. The molecule has 0 spiro atoms. The fraction of sp³-hybridized carbons (Fsp3) is 0.263. The fourth-order valence-corrected chi connectivity index (χ4v) is 3.54. The maximum absolute atomic E-state index is 4.67. The summed E-state index contributed by atoms with van der Waals surface area (Å²) in [7, 11) is 0. The third-order valence-corrected chi connectivity index (χ3v) is 4.84. The van der Waals surface area contributed by atoms with E-state index in [0.717, 1.165) is 11.3 Å². The van der Waals surface area contributed by atoms with Crippen molar-refractivity contribution < 1.29 is 0 Å². The molecule has 6 heteroatoms. The summed E-state index contributed by atoms with van der Waals surface area (Å²) in [5.74, 6) is 0.658. The minimum absolute atomic E-state index is 0.475. The van der Waals surface area contributed by atoms with Crippen LogP contribution in [-0.4, -0.2) is 31.0 Å². The predicted molar refractivity (Wildman–Crippen MR) is 97.0 cm³/mol. The lowest BCUT2D eigenvalue weighted by Crippen LogP contribution is -2.16. The van der Waals surface area contributed by atoms with Crippen molar-refractivity contribution in [1.29, 1.82) is 0 Å². The normalized spacial score (nSPS) is 15.2. The molecule has 0 unspecified atom stereocenters. The first kappa shape index (κ1) is 14.3. The van der Waals surface area contributed by atoms with Crippen LogP contribution in [0.3, 0.4) is 0 Å². The van der Waals surface area contributed by atoms with Crippen molar-refractivity contribution in [3.8, 4) is 16.8 Å². The Hall–Kier alpha value is -3.02. The van der Waals surface area contributed by atoms with Crippen molar-refractivity contribution in [1.82, 2.24) is 25.0 Å². The quantitative estimate of drug-likeness (QED) is 0.621. The summed E-state index contributed by atoms with van der Waals surface area (Å²) < 4.78 is 1.79. The third-order valence-electron chi connectivity index (χ3n) is 4.84. The maximum Gasteiger partial charge on any atom is 0.225 e. The van der Waals surface area contributed by atoms with Gasteiger partial charge in [0, 0.05) is 6.04 Å². The number of hydrogen-bond donors (Lipinski definition) is 1. The van der Waals surface area contributed by atoms with Crippen LogP contribution in [0.5, 0.6) is 0 Å². The minimum atomic E-state index is 0.475. The van der Waals surface area contributed by atoms with Crippen LogP contribution in [0.2, 0.25) is 0 Å². The monoisotopic (exact) mass is 330 g/mol. The molecule has 1 fully saturated rings. The Morgan fingerprint density at radius 2 is 1.76 bits per heavy atom. The standard InChI is InChI=1S/C19H18N6/c1-2-6-13-10-16(11-14(13)7-3-1)25-18-17(23-24-25)12-20-19(22-18)21-15-8-4-5-9-15/h1-3,6-7,10-12,15H,4-5,8-9H2,(H,20,21,22). The first-order valence-electron chi connectivity index (χ1n) is 8.71. The summed E-state index contributed by atoms with van der Waals surface area (Å²) in [6, 6.07) is 15.0. The highest BCUT2D eigenvalue weighted by Gasteiger charge is 2.17. The summed E-state index contributed by atoms with van der Waals surface area (Å²) in [4.78, 5) is 9.06. The molecule has 25 heavy (non-hydrogen) atoms. The zero-order chi connectivity index (χ0) is 16.6. The zero-order valence-electron chi connectivity index (χ0n) is 13.8. The number of nitrogens with one attached hydrogen (secondary N) is 1. The average Bonchev–Trinajstić information content (AvgIpc) is 3.33. The number of rotatable bonds is 3. The maximum atomic E-state index is 4.67. The van der Waals surface area contributed by atoms with Gasteiger partial charge in [-0.2, -0.15) is 9.67 Å². The van der Waals surface area contributed by atoms with Crippen molar-refractivity contribution in [2.45, 2.75) is 31.7 Å². The molecule has 3 aliphatic carbocycles. The van der Waals surface area contributed by atoms with E-state index in [1.165, 1.54) is 36.8 Å². The molecule has 0 amide bonds. The van der Waals surface area contributed by atoms with Gasteiger partial charge in [0.25, 0.3) is 0 Å². The van der Waals surface area contributed by atoms with E-state index < -0.39 is 0 Å². The summed E-state index contributed by atoms with van der Waals surface area (Å²) in [6.45, 7) is 0. The van der Waals surface area contributed by atoms with Crippen molar-refractivity contribution in [2.24, 2.45) is 0 Å². The minimum Gasteiger partial charge on any atom is -0.351 e. The third kappa shape index (κ3) is 2.59. The van der Waals surface area contributed by atoms with Crippen molar-refractivity contribution in [2.75, 3.05) is 5.32 Å². The molecule has 6 nitrogen and oxygen atoms in total. The molecule has 5 rings (SSSR count). The molecule has 0 aromatic carbocycles. The Morgan fingerprint density at radius 1 is 1.00 bits per heavy atom. The van der Waals surface area contributed by atoms with Gasteiger partial charge in [0.1, 0.15) is 0 Å². The number of fused-ring (bicyclic) bond motifs is 2. The Balaban J connectivity index is 1.57. The first-order valence-corrected chi connectivity index (χ1v) is 8.71. The first-order chi connectivity index (χ1) is 12.4. The van der Waals surface area contributed by atoms with Crippen LogP contribution in [0.4, 0.5) is 5.95 Å². The van der Waals surface area contributed by atoms with Crippen molar-refractivity contribution >= 4 is 17.1 Å². The number of aromatic nitrogens is 5. The number of anilines is 1. The van der Waals surface area contributed by atoms with Crippen molar-refractivity contribution in [3.63, 3.8) is 0 Å². The van der Waals surface area contributed by atoms with Gasteiger partial charge >= 0.3 is 0 Å². The Kier molecular flexibility index (Phi) is 3.33. The van der Waals surface area contributed by atoms with E-state index in [-0.39, 0.29) is 0 Å². The van der Waals surface area contributed by atoms with Gasteiger partial charge in [0.15, 0.2) is 11.2 Å². The van der Waals surface area contributed by atoms with Crippen molar-refractivity contribution in [3.05, 3.63) is 48.7 Å². The van der Waals surface area contributed by atoms with Gasteiger partial charge in [-0.3, -0.25) is 0 Å². The topological polar surface area (TPSA) is 68.5 Å². The van der Waals surface area contributed by atoms with E-state index in [1.807, 2.05) is 18.2 Å². The van der Waals surface area contributed by atoms with Gasteiger partial charge < -0.3 is 5.32 Å². The average molecular weight is 330 g/mol. The largest absolute Gasteiger partial charge is 0.351 e. The second-order valence-corrected chi connectivity index (χ2v) is 6.56. The molecule has 124 valence electrons. The van der Waals surface area contributed by atoms with Crippen LogP contribution in [0, 0.1) is 0 Å². The van der Waals surface area contributed by atoms with Gasteiger partial charge in [-0.15, -0.1) is 5.10 Å². The van der Waals surface area contributed by atoms with Crippen LogP contribution in [0.25, 0.3) is 28.0 Å². The van der Waals surface area contributed by atoms with E-state index >= 15 is 0 Å². The van der Waals surface area contributed by atoms with Crippen LogP contribution in [-0.2, 0) is 0 Å². The Labute approximate surface area is 145 Å². The second kappa shape index (κ2) is 5.81. The van der Waals surface area contributed by atoms with Gasteiger partial charge in [0.05, 0.1) is 11.9 Å². The summed E-state index contributed by atoms with van der Waals surface area (Å²) in [5.41, 5.74) is 4.74. The molecule has 2 aromatic heterocycles. The lowest BCUT2D eigenvalue weighted by Gasteiger charge is -2.11. The SMILES string of the molecule is c1ccc2cc(-n3nnc4cnc(NC5CCCC5)nc43)cc-2cc1. The highest BCUT2D eigenvalue weighted by molar-refractivity contribution is 5.76. The molecule has 0 radical (unpaired) electrons. The van der Waals surface area contributed by atoms with E-state index in [0.29, 0.717) is 17.5 Å². The molecule has 3 aliphatic rings. The van der Waals surface area contributed by atoms with E-state index in [4.69, 9.17) is 0 Å². The molecule has 2 heterocycles. The summed E-state index contributed by atoms with van der Waals surface area (Å²) in [6.07, 6.45) is 6.66. The predicted octanol–water partition coefficient (Wildman–Crippen LogP) is 3.67. The molecule has 2 aromatic rings. The molecular weight excluding hydrogens is 312 g/mol. The van der Waals surface area contributed by atoms with Crippen LogP contribution < -0.4 is 5.32 Å². The Morgan fingerprint density at radius 3 is 2.52 bits per heavy atom. The summed E-state index contributed by atoms with van der Waals surface area (Å²) in [5, 5.41) is 11.9. The zero-order valence-corrected chi connectivity index (χ0v) is 13.8. The molecule has 0 aliphatic heterocycles. The molecular formula is C19H18N6. The number of nitrogens with zero attached hydrogens (tertiary/aromatic N) is 5. The van der Waals surface area contributed by atoms with E-state index in [9.17, 15) is 0 Å². The number of hydrogen-bond acceptors (Lipinski definition) is 5. The lowest BCUT2D eigenvalue weighted by molar-refractivity contribution is 0.744. The Bertz CT molecular complexity index is 971. The van der Waals surface area contributed by atoms with Crippen LogP contribution >= 0.6 is 0 Å². The van der Waals surface area contributed by atoms with Crippen LogP contribution in [0.15, 0.2) is 48.7 Å². The molecule has 1 N–H and O–H groups in total. The molecule has 0 atom stereocenters. The van der Waals surface area contributed by atoms with Gasteiger partial charge in [-0.1, -0.05) is 48.4 Å². The van der Waals surface area contributed by atoms with Gasteiger partial charge in [-0.25, -0.2) is 4.98 Å². The smallest absolute Gasteiger partial charge is 0.225 e. The van der Waals surface area contributed by atoms with E-state index in [2.05, 4.69) is 49.9 Å². The van der Waals surface area contributed by atoms with Crippen LogP contribution in [0.1, 0.15) is 25.7 Å². The lowest BCUT2D eigenvalue weighted by atomic mass is 10.2. The second-order valence-electron chi connectivity index (χ2n) is 6.56. The summed E-state index contributed by atoms with van der Waals surface area (Å²) >= 11 is 0. The van der Waals surface area contributed by atoms with Gasteiger partial charge in [-0.05, 0) is 36.1 Å².